The van der Waals surface area contributed by atoms with E-state index in [0.717, 1.165) is 42.6 Å². The van der Waals surface area contributed by atoms with Gasteiger partial charge < -0.3 is 10.3 Å². The van der Waals surface area contributed by atoms with Crippen LogP contribution in [0.3, 0.4) is 0 Å². The molecule has 0 saturated carbocycles. The molecule has 1 fully saturated rings. The quantitative estimate of drug-likeness (QED) is 0.401. The van der Waals surface area contributed by atoms with Crippen LogP contribution in [0.2, 0.25) is 10.0 Å². The Hall–Kier alpha value is -3.20. The van der Waals surface area contributed by atoms with Gasteiger partial charge in [-0.1, -0.05) is 29.3 Å². The van der Waals surface area contributed by atoms with Crippen molar-refractivity contribution >= 4 is 45.1 Å². The van der Waals surface area contributed by atoms with Crippen LogP contribution in [-0.4, -0.2) is 42.4 Å². The summed E-state index contributed by atoms with van der Waals surface area (Å²) < 4.78 is 3.40. The Morgan fingerprint density at radius 3 is 2.61 bits per heavy atom. The van der Waals surface area contributed by atoms with Crippen molar-refractivity contribution < 1.29 is 0 Å². The monoisotopic (exact) mass is 479 g/mol. The van der Waals surface area contributed by atoms with Crippen LogP contribution in [0.5, 0.6) is 0 Å². The van der Waals surface area contributed by atoms with Gasteiger partial charge in [-0.3, -0.25) is 14.0 Å². The number of fused-ring (bicyclic) bond motifs is 3. The topological polar surface area (TPSA) is 93.4 Å². The molecule has 1 saturated heterocycles. The molecule has 1 aliphatic rings. The van der Waals surface area contributed by atoms with E-state index in [9.17, 15) is 4.79 Å². The lowest BCUT2D eigenvalue weighted by atomic mass is 10.1. The minimum absolute atomic E-state index is 0.286. The number of pyridine rings is 1. The highest BCUT2D eigenvalue weighted by Gasteiger charge is 2.18. The molecule has 0 unspecified atom stereocenters. The Bertz CT molecular complexity index is 1540. The van der Waals surface area contributed by atoms with Crippen molar-refractivity contribution in [2.75, 3.05) is 13.1 Å². The van der Waals surface area contributed by atoms with Gasteiger partial charge in [-0.2, -0.15) is 5.10 Å². The molecule has 2 N–H and O–H groups in total. The van der Waals surface area contributed by atoms with Gasteiger partial charge in [-0.05, 0) is 44.1 Å². The summed E-state index contributed by atoms with van der Waals surface area (Å²) in [4.78, 5) is 25.7. The lowest BCUT2D eigenvalue weighted by Gasteiger charge is -2.22. The van der Waals surface area contributed by atoms with Crippen LogP contribution in [-0.2, 0) is 0 Å². The Labute approximate surface area is 198 Å². The molecular weight excluding hydrogens is 461 g/mol. The zero-order valence-electron chi connectivity index (χ0n) is 17.4. The molecule has 1 aliphatic heterocycles. The molecule has 0 aliphatic carbocycles. The van der Waals surface area contributed by atoms with Gasteiger partial charge >= 0.3 is 0 Å². The molecule has 0 bridgehead atoms. The van der Waals surface area contributed by atoms with Gasteiger partial charge in [0.15, 0.2) is 0 Å². The fourth-order valence-electron chi connectivity index (χ4n) is 4.44. The van der Waals surface area contributed by atoms with E-state index in [4.69, 9.17) is 23.2 Å². The summed E-state index contributed by atoms with van der Waals surface area (Å²) >= 11 is 12.6. The van der Waals surface area contributed by atoms with Gasteiger partial charge in [0.2, 0.25) is 0 Å². The van der Waals surface area contributed by atoms with Gasteiger partial charge in [0.25, 0.3) is 5.56 Å². The van der Waals surface area contributed by atoms with E-state index >= 15 is 0 Å². The summed E-state index contributed by atoms with van der Waals surface area (Å²) in [5.41, 5.74) is 3.19. The fraction of sp³-hybridized carbons (Fsp3) is 0.217. The van der Waals surface area contributed by atoms with Gasteiger partial charge in [0.05, 0.1) is 44.6 Å². The molecule has 5 heterocycles. The van der Waals surface area contributed by atoms with E-state index in [2.05, 4.69) is 31.6 Å². The second-order valence-electron chi connectivity index (χ2n) is 8.15. The molecule has 166 valence electrons. The molecule has 5 aromatic rings. The van der Waals surface area contributed by atoms with Gasteiger partial charge in [-0.15, -0.1) is 0 Å². The number of aromatic amines is 1. The van der Waals surface area contributed by atoms with Crippen molar-refractivity contribution in [2.24, 2.45) is 0 Å². The van der Waals surface area contributed by atoms with E-state index in [1.807, 2.05) is 16.9 Å². The van der Waals surface area contributed by atoms with Crippen molar-refractivity contribution in [3.8, 4) is 16.9 Å². The maximum Gasteiger partial charge on any atom is 0.267 e. The highest BCUT2D eigenvalue weighted by Crippen LogP contribution is 2.30. The van der Waals surface area contributed by atoms with E-state index < -0.39 is 0 Å². The molecule has 6 rings (SSSR count). The second-order valence-corrected chi connectivity index (χ2v) is 8.96. The fourth-order valence-corrected chi connectivity index (χ4v) is 5.02. The molecule has 10 heteroatoms. The third kappa shape index (κ3) is 3.42. The predicted octanol–water partition coefficient (Wildman–Crippen LogP) is 4.36. The number of halogens is 2. The zero-order valence-corrected chi connectivity index (χ0v) is 18.9. The summed E-state index contributed by atoms with van der Waals surface area (Å²) in [6, 6.07) is 7.47. The summed E-state index contributed by atoms with van der Waals surface area (Å²) in [6.07, 6.45) is 9.03. The number of hydrogen-bond acceptors (Lipinski definition) is 5. The van der Waals surface area contributed by atoms with Crippen molar-refractivity contribution in [3.05, 3.63) is 69.6 Å². The van der Waals surface area contributed by atoms with Crippen LogP contribution in [0.4, 0.5) is 0 Å². The van der Waals surface area contributed by atoms with Crippen molar-refractivity contribution in [1.82, 2.24) is 34.6 Å². The van der Waals surface area contributed by atoms with Gasteiger partial charge in [0, 0.05) is 23.3 Å². The number of nitrogens with one attached hydrogen (secondary N) is 2. The molecule has 0 amide bonds. The molecular formula is C23H19Cl2N7O. The number of rotatable bonds is 3. The first-order chi connectivity index (χ1) is 16.1. The Balaban J connectivity index is 1.44. The van der Waals surface area contributed by atoms with Crippen molar-refractivity contribution in [1.29, 1.82) is 0 Å². The smallest absolute Gasteiger partial charge is 0.267 e. The zero-order chi connectivity index (χ0) is 22.5. The Kier molecular flexibility index (Phi) is 4.94. The number of hydrogen-bond donors (Lipinski definition) is 2. The summed E-state index contributed by atoms with van der Waals surface area (Å²) in [6.45, 7) is 2.01. The summed E-state index contributed by atoms with van der Waals surface area (Å²) in [7, 11) is 0. The highest BCUT2D eigenvalue weighted by molar-refractivity contribution is 6.37. The SMILES string of the molecule is O=c1c2cnc3[nH]c(-c4cnn(C5CCNCC5)c4)cc3c2ncn1-c1c(Cl)cccc1Cl. The van der Waals surface area contributed by atoms with Gasteiger partial charge in [0.1, 0.15) is 12.0 Å². The predicted molar refractivity (Wildman–Crippen MR) is 129 cm³/mol. The highest BCUT2D eigenvalue weighted by atomic mass is 35.5. The van der Waals surface area contributed by atoms with Crippen LogP contribution in [0.15, 0.2) is 54.0 Å². The standard InChI is InChI=1S/C23H19Cl2N7O/c24-17-2-1-3-18(25)21(17)31-12-28-20-15-8-19(30-22(15)27-10-16(20)23(31)33)13-9-29-32(11-13)14-4-6-26-7-5-14/h1-3,8-12,14,26H,4-7H2,(H,27,30). The third-order valence-electron chi connectivity index (χ3n) is 6.16. The number of H-pyrrole nitrogens is 1. The van der Waals surface area contributed by atoms with Crippen LogP contribution in [0.1, 0.15) is 18.9 Å². The van der Waals surface area contributed by atoms with Crippen LogP contribution in [0, 0.1) is 0 Å². The molecule has 0 atom stereocenters. The molecule has 0 radical (unpaired) electrons. The molecule has 33 heavy (non-hydrogen) atoms. The van der Waals surface area contributed by atoms with Crippen molar-refractivity contribution in [2.45, 2.75) is 18.9 Å². The minimum atomic E-state index is -0.286. The number of aromatic nitrogens is 6. The maximum atomic E-state index is 13.3. The maximum absolute atomic E-state index is 13.3. The average molecular weight is 480 g/mol. The number of nitrogens with zero attached hydrogens (tertiary/aromatic N) is 5. The van der Waals surface area contributed by atoms with E-state index in [1.165, 1.54) is 17.1 Å². The molecule has 1 aromatic carbocycles. The summed E-state index contributed by atoms with van der Waals surface area (Å²) in [5, 5.41) is 9.85. The molecule has 4 aromatic heterocycles. The first-order valence-electron chi connectivity index (χ1n) is 10.7. The largest absolute Gasteiger partial charge is 0.339 e. The lowest BCUT2D eigenvalue weighted by Crippen LogP contribution is -2.29. The van der Waals surface area contributed by atoms with Crippen LogP contribution in [0.25, 0.3) is 38.9 Å². The lowest BCUT2D eigenvalue weighted by molar-refractivity contribution is 0.343. The second kappa shape index (κ2) is 7.98. The van der Waals surface area contributed by atoms with E-state index in [1.54, 1.807) is 18.2 Å². The normalized spacial score (nSPS) is 15.0. The van der Waals surface area contributed by atoms with E-state index in [-0.39, 0.29) is 5.56 Å². The van der Waals surface area contributed by atoms with Crippen LogP contribution >= 0.6 is 23.2 Å². The summed E-state index contributed by atoms with van der Waals surface area (Å²) in [5.74, 6) is 0. The van der Waals surface area contributed by atoms with Crippen LogP contribution < -0.4 is 10.9 Å². The third-order valence-corrected chi connectivity index (χ3v) is 6.77. The molecule has 8 nitrogen and oxygen atoms in total. The first-order valence-corrected chi connectivity index (χ1v) is 11.4. The number of benzene rings is 1. The molecule has 0 spiro atoms. The minimum Gasteiger partial charge on any atom is -0.339 e. The Morgan fingerprint density at radius 2 is 1.82 bits per heavy atom. The van der Waals surface area contributed by atoms with E-state index in [0.29, 0.717) is 38.3 Å². The van der Waals surface area contributed by atoms with Crippen molar-refractivity contribution in [3.63, 3.8) is 0 Å². The number of para-hydroxylation sites is 1. The van der Waals surface area contributed by atoms with Gasteiger partial charge in [-0.25, -0.2) is 9.97 Å². The average Bonchev–Trinajstić information content (AvgIpc) is 3.48. The Morgan fingerprint density at radius 1 is 1.03 bits per heavy atom. The number of piperidine rings is 1. The first kappa shape index (κ1) is 20.4.